The molecule has 0 aromatic heterocycles. The van der Waals surface area contributed by atoms with Gasteiger partial charge in [-0.3, -0.25) is 0 Å². The van der Waals surface area contributed by atoms with Crippen molar-refractivity contribution in [2.24, 2.45) is 5.73 Å². The summed E-state index contributed by atoms with van der Waals surface area (Å²) in [7, 11) is 3.36. The van der Waals surface area contributed by atoms with Crippen LogP contribution in [0.2, 0.25) is 0 Å². The van der Waals surface area contributed by atoms with E-state index in [9.17, 15) is 0 Å². The molecule has 0 bridgehead atoms. The van der Waals surface area contributed by atoms with Gasteiger partial charge in [-0.1, -0.05) is 12.1 Å². The van der Waals surface area contributed by atoms with Gasteiger partial charge in [-0.25, -0.2) is 0 Å². The molecule has 4 heteroatoms. The van der Waals surface area contributed by atoms with Gasteiger partial charge in [0.1, 0.15) is 0 Å². The third-order valence-corrected chi connectivity index (χ3v) is 2.69. The maximum atomic E-state index is 5.70. The van der Waals surface area contributed by atoms with Crippen LogP contribution in [0, 0.1) is 6.92 Å². The Labute approximate surface area is 103 Å². The van der Waals surface area contributed by atoms with Crippen LogP contribution in [-0.4, -0.2) is 33.5 Å². The molecule has 0 fully saturated rings. The highest BCUT2D eigenvalue weighted by atomic mass is 16.5. The fourth-order valence-corrected chi connectivity index (χ4v) is 1.65. The van der Waals surface area contributed by atoms with Crippen LogP contribution in [-0.2, 0) is 16.0 Å². The highest BCUT2D eigenvalue weighted by Gasteiger charge is 2.08. The van der Waals surface area contributed by atoms with Gasteiger partial charge < -0.3 is 20.5 Å². The van der Waals surface area contributed by atoms with Crippen molar-refractivity contribution in [2.75, 3.05) is 32.7 Å². The molecular formula is C13H22N2O2. The number of aryl methyl sites for hydroxylation is 1. The lowest BCUT2D eigenvalue weighted by Gasteiger charge is -2.17. The van der Waals surface area contributed by atoms with Gasteiger partial charge in [0.2, 0.25) is 0 Å². The molecule has 0 heterocycles. The van der Waals surface area contributed by atoms with Crippen molar-refractivity contribution in [1.29, 1.82) is 0 Å². The number of rotatable bonds is 7. The first kappa shape index (κ1) is 14.0. The summed E-state index contributed by atoms with van der Waals surface area (Å²) >= 11 is 0. The van der Waals surface area contributed by atoms with Crippen LogP contribution in [0.5, 0.6) is 0 Å². The van der Waals surface area contributed by atoms with Gasteiger partial charge >= 0.3 is 0 Å². The average Bonchev–Trinajstić information content (AvgIpc) is 2.34. The summed E-state index contributed by atoms with van der Waals surface area (Å²) in [5.41, 5.74) is 9.10. The van der Waals surface area contributed by atoms with Crippen molar-refractivity contribution in [3.05, 3.63) is 29.3 Å². The normalized spacial score (nSPS) is 12.5. The summed E-state index contributed by atoms with van der Waals surface area (Å²) in [4.78, 5) is 0. The van der Waals surface area contributed by atoms with E-state index in [1.54, 1.807) is 14.2 Å². The second-order valence-electron chi connectivity index (χ2n) is 4.06. The number of nitrogens with one attached hydrogen (secondary N) is 1. The van der Waals surface area contributed by atoms with Crippen molar-refractivity contribution in [3.63, 3.8) is 0 Å². The molecule has 96 valence electrons. The Bertz CT molecular complexity index is 342. The van der Waals surface area contributed by atoms with Gasteiger partial charge in [-0.2, -0.15) is 0 Å². The Balaban J connectivity index is 2.63. The van der Waals surface area contributed by atoms with E-state index in [4.69, 9.17) is 15.2 Å². The summed E-state index contributed by atoms with van der Waals surface area (Å²) in [5.74, 6) is 0. The van der Waals surface area contributed by atoms with Gasteiger partial charge in [0, 0.05) is 33.0 Å². The molecule has 4 nitrogen and oxygen atoms in total. The molecule has 0 aliphatic carbocycles. The van der Waals surface area contributed by atoms with Crippen LogP contribution < -0.4 is 11.1 Å². The number of hydrogen-bond donors (Lipinski definition) is 2. The molecule has 0 aliphatic rings. The van der Waals surface area contributed by atoms with Crippen LogP contribution in [0.4, 0.5) is 5.69 Å². The van der Waals surface area contributed by atoms with Crippen molar-refractivity contribution in [3.8, 4) is 0 Å². The third kappa shape index (κ3) is 4.34. The average molecular weight is 238 g/mol. The fraction of sp³-hybridized carbons (Fsp3) is 0.538. The number of nitrogens with two attached hydrogens (primary N) is 1. The Morgan fingerprint density at radius 1 is 1.35 bits per heavy atom. The minimum absolute atomic E-state index is 0.0473. The maximum absolute atomic E-state index is 5.70. The van der Waals surface area contributed by atoms with E-state index in [0.29, 0.717) is 19.7 Å². The van der Waals surface area contributed by atoms with Gasteiger partial charge in [-0.05, 0) is 24.1 Å². The molecule has 1 aromatic rings. The quantitative estimate of drug-likeness (QED) is 0.756. The molecule has 1 rings (SSSR count). The van der Waals surface area contributed by atoms with E-state index < -0.39 is 0 Å². The third-order valence-electron chi connectivity index (χ3n) is 2.69. The standard InChI is InChI=1S/C13H22N2O2/c1-10-4-5-11(7-14)13(6-10)15-8-12(17-3)9-16-2/h4-6,12,15H,7-9,14H2,1-3H3. The largest absolute Gasteiger partial charge is 0.382 e. The van der Waals surface area contributed by atoms with Crippen LogP contribution in [0.3, 0.4) is 0 Å². The Kier molecular flexibility index (Phi) is 5.97. The highest BCUT2D eigenvalue weighted by Crippen LogP contribution is 2.17. The Morgan fingerprint density at radius 2 is 2.12 bits per heavy atom. The summed E-state index contributed by atoms with van der Waals surface area (Å²) in [6, 6.07) is 6.22. The van der Waals surface area contributed by atoms with Crippen LogP contribution in [0.25, 0.3) is 0 Å². The fourth-order valence-electron chi connectivity index (χ4n) is 1.65. The zero-order valence-electron chi connectivity index (χ0n) is 10.8. The lowest BCUT2D eigenvalue weighted by atomic mass is 10.1. The molecule has 17 heavy (non-hydrogen) atoms. The number of anilines is 1. The molecule has 0 spiro atoms. The predicted octanol–water partition coefficient (Wildman–Crippen LogP) is 1.53. The van der Waals surface area contributed by atoms with Gasteiger partial charge in [0.25, 0.3) is 0 Å². The SMILES string of the molecule is COCC(CNc1cc(C)ccc1CN)OC. The molecule has 1 atom stereocenters. The van der Waals surface area contributed by atoms with Crippen LogP contribution in [0.15, 0.2) is 18.2 Å². The first-order valence-corrected chi connectivity index (χ1v) is 5.76. The summed E-state index contributed by atoms with van der Waals surface area (Å²) in [6.45, 7) is 3.88. The Morgan fingerprint density at radius 3 is 2.71 bits per heavy atom. The summed E-state index contributed by atoms with van der Waals surface area (Å²) in [5, 5.41) is 3.36. The monoisotopic (exact) mass is 238 g/mol. The van der Waals surface area contributed by atoms with Gasteiger partial charge in [0.15, 0.2) is 0 Å². The zero-order valence-corrected chi connectivity index (χ0v) is 10.8. The van der Waals surface area contributed by atoms with Crippen molar-refractivity contribution < 1.29 is 9.47 Å². The van der Waals surface area contributed by atoms with E-state index in [0.717, 1.165) is 11.3 Å². The number of benzene rings is 1. The maximum Gasteiger partial charge on any atom is 0.0976 e. The van der Waals surface area contributed by atoms with Crippen LogP contribution in [0.1, 0.15) is 11.1 Å². The van der Waals surface area contributed by atoms with Gasteiger partial charge in [-0.15, -0.1) is 0 Å². The van der Waals surface area contributed by atoms with E-state index in [-0.39, 0.29) is 6.10 Å². The summed E-state index contributed by atoms with van der Waals surface area (Å²) < 4.78 is 10.4. The lowest BCUT2D eigenvalue weighted by Crippen LogP contribution is -2.27. The lowest BCUT2D eigenvalue weighted by molar-refractivity contribution is 0.0365. The molecule has 0 radical (unpaired) electrons. The topological polar surface area (TPSA) is 56.5 Å². The van der Waals surface area contributed by atoms with E-state index in [2.05, 4.69) is 30.4 Å². The van der Waals surface area contributed by atoms with Crippen LogP contribution >= 0.6 is 0 Å². The minimum Gasteiger partial charge on any atom is -0.382 e. The molecule has 0 saturated heterocycles. The molecule has 0 aliphatic heterocycles. The van der Waals surface area contributed by atoms with Crippen molar-refractivity contribution >= 4 is 5.69 Å². The molecule has 0 saturated carbocycles. The summed E-state index contributed by atoms with van der Waals surface area (Å²) in [6.07, 6.45) is 0.0473. The Hall–Kier alpha value is -1.10. The zero-order chi connectivity index (χ0) is 12.7. The number of hydrogen-bond acceptors (Lipinski definition) is 4. The molecular weight excluding hydrogens is 216 g/mol. The highest BCUT2D eigenvalue weighted by molar-refractivity contribution is 5.53. The molecule has 0 amide bonds. The number of methoxy groups -OCH3 is 2. The van der Waals surface area contributed by atoms with E-state index in [1.807, 2.05) is 0 Å². The van der Waals surface area contributed by atoms with Crippen molar-refractivity contribution in [1.82, 2.24) is 0 Å². The van der Waals surface area contributed by atoms with Gasteiger partial charge in [0.05, 0.1) is 12.7 Å². The van der Waals surface area contributed by atoms with Crippen molar-refractivity contribution in [2.45, 2.75) is 19.6 Å². The molecule has 3 N–H and O–H groups in total. The second kappa shape index (κ2) is 7.27. The smallest absolute Gasteiger partial charge is 0.0976 e. The second-order valence-corrected chi connectivity index (χ2v) is 4.06. The predicted molar refractivity (Wildman–Crippen MR) is 70.2 cm³/mol. The first-order chi connectivity index (χ1) is 8.21. The first-order valence-electron chi connectivity index (χ1n) is 5.76. The minimum atomic E-state index is 0.0473. The van der Waals surface area contributed by atoms with E-state index in [1.165, 1.54) is 5.56 Å². The molecule has 1 unspecified atom stereocenters. The van der Waals surface area contributed by atoms with E-state index >= 15 is 0 Å². The molecule has 1 aromatic carbocycles. The number of ether oxygens (including phenoxy) is 2.